The van der Waals surface area contributed by atoms with Crippen LogP contribution in [0, 0.1) is 0 Å². The lowest BCUT2D eigenvalue weighted by atomic mass is 10.4. The molecule has 0 unspecified atom stereocenters. The summed E-state index contributed by atoms with van der Waals surface area (Å²) in [6.45, 7) is 1.98. The van der Waals surface area contributed by atoms with Crippen molar-refractivity contribution in [2.24, 2.45) is 0 Å². The lowest BCUT2D eigenvalue weighted by Gasteiger charge is -2.12. The Bertz CT molecular complexity index is 265. The molecule has 0 spiro atoms. The van der Waals surface area contributed by atoms with Gasteiger partial charge in [-0.05, 0) is 12.8 Å². The lowest BCUT2D eigenvalue weighted by Crippen LogP contribution is -2.30. The number of carbonyl (C=O) groups is 1. The third kappa shape index (κ3) is 2.18. The van der Waals surface area contributed by atoms with Crippen LogP contribution in [-0.2, 0) is 19.3 Å². The van der Waals surface area contributed by atoms with Gasteiger partial charge in [0.2, 0.25) is 0 Å². The first-order chi connectivity index (χ1) is 5.52. The average Bonchev–Trinajstić information content (AvgIpc) is 2.32. The van der Waals surface area contributed by atoms with Crippen molar-refractivity contribution in [1.82, 2.24) is 4.31 Å². The molecule has 70 valence electrons. The van der Waals surface area contributed by atoms with Gasteiger partial charge in [0, 0.05) is 20.0 Å². The molecule has 0 aromatic heterocycles. The number of hydrogen-bond acceptors (Lipinski definition) is 4. The minimum Gasteiger partial charge on any atom is -0.334 e. The summed E-state index contributed by atoms with van der Waals surface area (Å²) in [7, 11) is -3.78. The standard InChI is InChI=1S/C6H11NO4S/c1-6(8)11-12(9,10)7-4-2-3-5-7/h2-5H2,1H3. The van der Waals surface area contributed by atoms with Crippen LogP contribution >= 0.6 is 0 Å². The van der Waals surface area contributed by atoms with Crippen molar-refractivity contribution in [2.75, 3.05) is 13.1 Å². The van der Waals surface area contributed by atoms with Crippen LogP contribution in [0.15, 0.2) is 0 Å². The highest BCUT2D eigenvalue weighted by Crippen LogP contribution is 2.13. The Morgan fingerprint density at radius 3 is 2.25 bits per heavy atom. The fourth-order valence-electron chi connectivity index (χ4n) is 1.11. The predicted octanol–water partition coefficient (Wildman–Crippen LogP) is -0.110. The largest absolute Gasteiger partial charge is 0.387 e. The first kappa shape index (κ1) is 9.47. The monoisotopic (exact) mass is 193 g/mol. The molecule has 1 fully saturated rings. The molecule has 1 heterocycles. The van der Waals surface area contributed by atoms with Crippen LogP contribution in [0.4, 0.5) is 0 Å². The number of rotatable bonds is 2. The van der Waals surface area contributed by atoms with Crippen molar-refractivity contribution in [3.63, 3.8) is 0 Å². The van der Waals surface area contributed by atoms with Crippen LogP contribution in [-0.4, -0.2) is 31.8 Å². The molecule has 1 aliphatic rings. The zero-order chi connectivity index (χ0) is 9.19. The van der Waals surface area contributed by atoms with E-state index in [1.54, 1.807) is 0 Å². The van der Waals surface area contributed by atoms with Gasteiger partial charge in [-0.15, -0.1) is 0 Å². The van der Waals surface area contributed by atoms with Crippen LogP contribution in [0.5, 0.6) is 0 Å². The van der Waals surface area contributed by atoms with Gasteiger partial charge in [-0.2, -0.15) is 12.7 Å². The molecule has 0 atom stereocenters. The fourth-order valence-corrected chi connectivity index (χ4v) is 2.22. The maximum Gasteiger partial charge on any atom is 0.387 e. The number of nitrogens with zero attached hydrogens (tertiary/aromatic N) is 1. The van der Waals surface area contributed by atoms with Crippen molar-refractivity contribution in [3.8, 4) is 0 Å². The second-order valence-electron chi connectivity index (χ2n) is 2.64. The van der Waals surface area contributed by atoms with Crippen LogP contribution in [0.1, 0.15) is 19.8 Å². The highest BCUT2D eigenvalue weighted by atomic mass is 32.2. The summed E-state index contributed by atoms with van der Waals surface area (Å²) in [5.74, 6) is -0.790. The molecule has 0 aliphatic carbocycles. The molecule has 0 radical (unpaired) electrons. The van der Waals surface area contributed by atoms with Gasteiger partial charge in [0.05, 0.1) is 0 Å². The van der Waals surface area contributed by atoms with Gasteiger partial charge < -0.3 is 4.18 Å². The normalized spacial score (nSPS) is 19.4. The first-order valence-corrected chi connectivity index (χ1v) is 5.09. The van der Waals surface area contributed by atoms with Gasteiger partial charge in [-0.1, -0.05) is 0 Å². The topological polar surface area (TPSA) is 63.7 Å². The zero-order valence-electron chi connectivity index (χ0n) is 6.82. The molecule has 0 amide bonds. The van der Waals surface area contributed by atoms with E-state index in [1.807, 2.05) is 0 Å². The van der Waals surface area contributed by atoms with Crippen molar-refractivity contribution in [2.45, 2.75) is 19.8 Å². The molecule has 0 aromatic rings. The van der Waals surface area contributed by atoms with Gasteiger partial charge in [-0.25, -0.2) is 0 Å². The van der Waals surface area contributed by atoms with E-state index in [2.05, 4.69) is 4.18 Å². The molecule has 0 N–H and O–H groups in total. The minimum atomic E-state index is -3.78. The predicted molar refractivity (Wildman–Crippen MR) is 41.5 cm³/mol. The Hall–Kier alpha value is -0.620. The van der Waals surface area contributed by atoms with E-state index in [0.29, 0.717) is 13.1 Å². The summed E-state index contributed by atoms with van der Waals surface area (Å²) in [5.41, 5.74) is 0. The summed E-state index contributed by atoms with van der Waals surface area (Å²) in [6, 6.07) is 0. The fraction of sp³-hybridized carbons (Fsp3) is 0.833. The summed E-state index contributed by atoms with van der Waals surface area (Å²) in [5, 5.41) is 0. The van der Waals surface area contributed by atoms with Crippen molar-refractivity contribution < 1.29 is 17.4 Å². The smallest absolute Gasteiger partial charge is 0.334 e. The van der Waals surface area contributed by atoms with Crippen LogP contribution in [0.25, 0.3) is 0 Å². The van der Waals surface area contributed by atoms with Gasteiger partial charge in [-0.3, -0.25) is 4.79 Å². The molecular formula is C6H11NO4S. The second kappa shape index (κ2) is 3.40. The molecule has 0 bridgehead atoms. The quantitative estimate of drug-likeness (QED) is 0.614. The molecule has 5 nitrogen and oxygen atoms in total. The van der Waals surface area contributed by atoms with Crippen molar-refractivity contribution in [1.29, 1.82) is 0 Å². The van der Waals surface area contributed by atoms with E-state index in [4.69, 9.17) is 0 Å². The summed E-state index contributed by atoms with van der Waals surface area (Å²) >= 11 is 0. The van der Waals surface area contributed by atoms with E-state index in [0.717, 1.165) is 19.8 Å². The second-order valence-corrected chi connectivity index (χ2v) is 4.18. The summed E-state index contributed by atoms with van der Waals surface area (Å²) in [4.78, 5) is 10.4. The highest BCUT2D eigenvalue weighted by Gasteiger charge is 2.27. The van der Waals surface area contributed by atoms with E-state index >= 15 is 0 Å². The molecule has 0 aromatic carbocycles. The Kier molecular flexibility index (Phi) is 2.69. The summed E-state index contributed by atoms with van der Waals surface area (Å²) < 4.78 is 27.6. The number of carbonyl (C=O) groups excluding carboxylic acids is 1. The minimum absolute atomic E-state index is 0.454. The van der Waals surface area contributed by atoms with E-state index < -0.39 is 16.3 Å². The molecule has 6 heteroatoms. The molecule has 0 saturated carbocycles. The van der Waals surface area contributed by atoms with E-state index in [1.165, 1.54) is 4.31 Å². The zero-order valence-corrected chi connectivity index (χ0v) is 7.63. The third-order valence-electron chi connectivity index (χ3n) is 1.60. The molecule has 1 saturated heterocycles. The van der Waals surface area contributed by atoms with Gasteiger partial charge >= 0.3 is 16.3 Å². The lowest BCUT2D eigenvalue weighted by molar-refractivity contribution is -0.131. The highest BCUT2D eigenvalue weighted by molar-refractivity contribution is 7.84. The molecule has 1 rings (SSSR count). The molecular weight excluding hydrogens is 182 g/mol. The SMILES string of the molecule is CC(=O)OS(=O)(=O)N1CCCC1. The first-order valence-electron chi connectivity index (χ1n) is 3.72. The number of hydrogen-bond donors (Lipinski definition) is 0. The van der Waals surface area contributed by atoms with Crippen LogP contribution < -0.4 is 0 Å². The Morgan fingerprint density at radius 1 is 1.33 bits per heavy atom. The maximum absolute atomic E-state index is 11.1. The van der Waals surface area contributed by atoms with Crippen molar-refractivity contribution in [3.05, 3.63) is 0 Å². The Morgan fingerprint density at radius 2 is 1.83 bits per heavy atom. The molecule has 12 heavy (non-hydrogen) atoms. The van der Waals surface area contributed by atoms with E-state index in [9.17, 15) is 13.2 Å². The van der Waals surface area contributed by atoms with Crippen LogP contribution in [0.3, 0.4) is 0 Å². The van der Waals surface area contributed by atoms with Gasteiger partial charge in [0.1, 0.15) is 0 Å². The van der Waals surface area contributed by atoms with E-state index in [-0.39, 0.29) is 0 Å². The van der Waals surface area contributed by atoms with Gasteiger partial charge in [0.15, 0.2) is 0 Å². The average molecular weight is 193 g/mol. The van der Waals surface area contributed by atoms with Crippen molar-refractivity contribution >= 4 is 16.3 Å². The molecule has 1 aliphatic heterocycles. The van der Waals surface area contributed by atoms with Crippen LogP contribution in [0.2, 0.25) is 0 Å². The third-order valence-corrected chi connectivity index (χ3v) is 3.05. The summed E-state index contributed by atoms with van der Waals surface area (Å²) in [6.07, 6.45) is 1.67. The Balaban J connectivity index is 2.64. The Labute approximate surface area is 71.6 Å². The van der Waals surface area contributed by atoms with Gasteiger partial charge in [0.25, 0.3) is 0 Å². The maximum atomic E-state index is 11.1.